The van der Waals surface area contributed by atoms with Crippen LogP contribution in [0.5, 0.6) is 11.6 Å². The average Bonchev–Trinajstić information content (AvgIpc) is 2.65. The fourth-order valence-corrected chi connectivity index (χ4v) is 1.84. The van der Waals surface area contributed by atoms with E-state index in [4.69, 9.17) is 15.1 Å². The molecular weight excluding hydrogens is 258 g/mol. The second kappa shape index (κ2) is 5.45. The van der Waals surface area contributed by atoms with E-state index in [-0.39, 0.29) is 6.42 Å². The van der Waals surface area contributed by atoms with Gasteiger partial charge in [0.1, 0.15) is 17.4 Å². The molecule has 0 bridgehead atoms. The van der Waals surface area contributed by atoms with Gasteiger partial charge in [-0.3, -0.25) is 4.79 Å². The van der Waals surface area contributed by atoms with Crippen LogP contribution in [-0.4, -0.2) is 20.9 Å². The largest absolute Gasteiger partial charge is 0.481 e. The van der Waals surface area contributed by atoms with Crippen molar-refractivity contribution < 1.29 is 14.6 Å². The van der Waals surface area contributed by atoms with E-state index in [1.807, 2.05) is 0 Å². The molecule has 0 atom stereocenters. The molecule has 2 rings (SSSR count). The maximum atomic E-state index is 10.6. The number of aliphatic carboxylic acids is 1. The van der Waals surface area contributed by atoms with Gasteiger partial charge in [0, 0.05) is 7.05 Å². The van der Waals surface area contributed by atoms with E-state index >= 15 is 0 Å². The van der Waals surface area contributed by atoms with E-state index in [9.17, 15) is 4.79 Å². The smallest absolute Gasteiger partial charge is 0.307 e. The number of carboxylic acids is 1. The molecule has 6 nitrogen and oxygen atoms in total. The van der Waals surface area contributed by atoms with Crippen LogP contribution in [0.1, 0.15) is 16.8 Å². The maximum absolute atomic E-state index is 10.6. The molecule has 0 fully saturated rings. The van der Waals surface area contributed by atoms with Crippen molar-refractivity contribution in [2.24, 2.45) is 7.05 Å². The van der Waals surface area contributed by atoms with Crippen LogP contribution in [0.25, 0.3) is 0 Å². The van der Waals surface area contributed by atoms with Crippen molar-refractivity contribution in [1.29, 1.82) is 5.26 Å². The zero-order valence-corrected chi connectivity index (χ0v) is 11.1. The zero-order chi connectivity index (χ0) is 14.7. The van der Waals surface area contributed by atoms with E-state index < -0.39 is 5.97 Å². The highest BCUT2D eigenvalue weighted by atomic mass is 16.5. The number of nitriles is 1. The Morgan fingerprint density at radius 1 is 1.45 bits per heavy atom. The predicted octanol–water partition coefficient (Wildman–Crippen LogP) is 2.02. The minimum Gasteiger partial charge on any atom is -0.481 e. The summed E-state index contributed by atoms with van der Waals surface area (Å²) in [6.07, 6.45) is -0.0332. The molecule has 0 aliphatic heterocycles. The highest BCUT2D eigenvalue weighted by Crippen LogP contribution is 2.26. The highest BCUT2D eigenvalue weighted by molar-refractivity contribution is 5.70. The Hall–Kier alpha value is -2.81. The van der Waals surface area contributed by atoms with Gasteiger partial charge in [-0.05, 0) is 24.6 Å². The van der Waals surface area contributed by atoms with Gasteiger partial charge in [-0.1, -0.05) is 12.1 Å². The number of carbonyl (C=O) groups is 1. The molecule has 0 amide bonds. The molecule has 102 valence electrons. The molecular formula is C14H13N3O3. The zero-order valence-electron chi connectivity index (χ0n) is 11.1. The van der Waals surface area contributed by atoms with Crippen LogP contribution in [0.3, 0.4) is 0 Å². The number of aryl methyl sites for hydroxylation is 2. The molecule has 0 spiro atoms. The Labute approximate surface area is 115 Å². The number of hydrogen-bond acceptors (Lipinski definition) is 4. The van der Waals surface area contributed by atoms with Gasteiger partial charge in [0.15, 0.2) is 0 Å². The van der Waals surface area contributed by atoms with Crippen LogP contribution in [-0.2, 0) is 18.3 Å². The van der Waals surface area contributed by atoms with Crippen molar-refractivity contribution in [3.05, 3.63) is 41.1 Å². The maximum Gasteiger partial charge on any atom is 0.307 e. The SMILES string of the molecule is Cc1nn(C)c(Oc2ccc(CC(=O)O)cc2)c1C#N. The van der Waals surface area contributed by atoms with Gasteiger partial charge in [-0.25, -0.2) is 4.68 Å². The van der Waals surface area contributed by atoms with Crippen molar-refractivity contribution in [1.82, 2.24) is 9.78 Å². The summed E-state index contributed by atoms with van der Waals surface area (Å²) >= 11 is 0. The number of aromatic nitrogens is 2. The third-order valence-corrected chi connectivity index (χ3v) is 2.77. The number of benzene rings is 1. The third kappa shape index (κ3) is 2.78. The Morgan fingerprint density at radius 3 is 2.65 bits per heavy atom. The van der Waals surface area contributed by atoms with Gasteiger partial charge in [0.05, 0.1) is 12.1 Å². The van der Waals surface area contributed by atoms with Gasteiger partial charge in [0.25, 0.3) is 0 Å². The lowest BCUT2D eigenvalue weighted by atomic mass is 10.1. The van der Waals surface area contributed by atoms with Crippen LogP contribution in [0, 0.1) is 18.3 Å². The average molecular weight is 271 g/mol. The van der Waals surface area contributed by atoms with Gasteiger partial charge in [-0.15, -0.1) is 0 Å². The Balaban J connectivity index is 2.23. The first-order chi connectivity index (χ1) is 9.51. The van der Waals surface area contributed by atoms with Crippen molar-refractivity contribution in [2.75, 3.05) is 0 Å². The topological polar surface area (TPSA) is 88.1 Å². The standard InChI is InChI=1S/C14H13N3O3/c1-9-12(8-15)14(17(2)16-9)20-11-5-3-10(4-6-11)7-13(18)19/h3-6H,7H2,1-2H3,(H,18,19). The lowest BCUT2D eigenvalue weighted by Crippen LogP contribution is -2.00. The summed E-state index contributed by atoms with van der Waals surface area (Å²) in [6, 6.07) is 8.75. The predicted molar refractivity (Wildman–Crippen MR) is 70.5 cm³/mol. The fraction of sp³-hybridized carbons (Fsp3) is 0.214. The van der Waals surface area contributed by atoms with E-state index in [0.717, 1.165) is 0 Å². The Morgan fingerprint density at radius 2 is 2.10 bits per heavy atom. The van der Waals surface area contributed by atoms with E-state index in [2.05, 4.69) is 11.2 Å². The lowest BCUT2D eigenvalue weighted by Gasteiger charge is -2.06. The summed E-state index contributed by atoms with van der Waals surface area (Å²) in [6.45, 7) is 1.74. The summed E-state index contributed by atoms with van der Waals surface area (Å²) in [4.78, 5) is 10.6. The number of hydrogen-bond donors (Lipinski definition) is 1. The molecule has 0 aliphatic carbocycles. The molecule has 0 radical (unpaired) electrons. The van der Waals surface area contributed by atoms with E-state index in [1.165, 1.54) is 4.68 Å². The summed E-state index contributed by atoms with van der Waals surface area (Å²) in [5.74, 6) is 0.0160. The van der Waals surface area contributed by atoms with Gasteiger partial charge in [-0.2, -0.15) is 10.4 Å². The normalized spacial score (nSPS) is 10.1. The first kappa shape index (κ1) is 13.6. The second-order valence-electron chi connectivity index (χ2n) is 4.32. The molecule has 20 heavy (non-hydrogen) atoms. The monoisotopic (exact) mass is 271 g/mol. The number of carboxylic acid groups (broad SMARTS) is 1. The minimum absolute atomic E-state index is 0.0332. The third-order valence-electron chi connectivity index (χ3n) is 2.77. The lowest BCUT2D eigenvalue weighted by molar-refractivity contribution is -0.136. The minimum atomic E-state index is -0.882. The summed E-state index contributed by atoms with van der Waals surface area (Å²) in [5.41, 5.74) is 1.68. The Kier molecular flexibility index (Phi) is 3.71. The van der Waals surface area contributed by atoms with Crippen molar-refractivity contribution in [2.45, 2.75) is 13.3 Å². The van der Waals surface area contributed by atoms with Crippen LogP contribution >= 0.6 is 0 Å². The fourth-order valence-electron chi connectivity index (χ4n) is 1.84. The first-order valence-electron chi connectivity index (χ1n) is 5.93. The van der Waals surface area contributed by atoms with Gasteiger partial charge >= 0.3 is 5.97 Å². The van der Waals surface area contributed by atoms with Gasteiger partial charge in [0.2, 0.25) is 5.88 Å². The first-order valence-corrected chi connectivity index (χ1v) is 5.93. The second-order valence-corrected chi connectivity index (χ2v) is 4.32. The molecule has 0 saturated heterocycles. The van der Waals surface area contributed by atoms with Crippen LogP contribution < -0.4 is 4.74 Å². The van der Waals surface area contributed by atoms with Gasteiger partial charge < -0.3 is 9.84 Å². The summed E-state index contributed by atoms with van der Waals surface area (Å²) in [7, 11) is 1.70. The van der Waals surface area contributed by atoms with Crippen LogP contribution in [0.4, 0.5) is 0 Å². The molecule has 0 saturated carbocycles. The van der Waals surface area contributed by atoms with Crippen molar-refractivity contribution >= 4 is 5.97 Å². The van der Waals surface area contributed by atoms with E-state index in [1.54, 1.807) is 38.2 Å². The molecule has 2 aromatic rings. The molecule has 1 heterocycles. The number of nitrogens with zero attached hydrogens (tertiary/aromatic N) is 3. The molecule has 0 aliphatic rings. The van der Waals surface area contributed by atoms with Crippen molar-refractivity contribution in [3.63, 3.8) is 0 Å². The molecule has 1 N–H and O–H groups in total. The number of rotatable bonds is 4. The summed E-state index contributed by atoms with van der Waals surface area (Å²) < 4.78 is 7.14. The quantitative estimate of drug-likeness (QED) is 0.919. The molecule has 6 heteroatoms. The Bertz CT molecular complexity index is 681. The molecule has 0 unspecified atom stereocenters. The van der Waals surface area contributed by atoms with Crippen LogP contribution in [0.2, 0.25) is 0 Å². The van der Waals surface area contributed by atoms with Crippen LogP contribution in [0.15, 0.2) is 24.3 Å². The molecule has 1 aromatic heterocycles. The molecule has 1 aromatic carbocycles. The number of ether oxygens (including phenoxy) is 1. The summed E-state index contributed by atoms with van der Waals surface area (Å²) in [5, 5.41) is 21.9. The van der Waals surface area contributed by atoms with E-state index in [0.29, 0.717) is 28.5 Å². The van der Waals surface area contributed by atoms with Crippen molar-refractivity contribution in [3.8, 4) is 17.7 Å². The highest BCUT2D eigenvalue weighted by Gasteiger charge is 2.15.